The second-order valence-corrected chi connectivity index (χ2v) is 10.3. The molecule has 0 radical (unpaired) electrons. The molecule has 0 aromatic rings. The Morgan fingerprint density at radius 1 is 1.38 bits per heavy atom. The molecule has 0 bridgehead atoms. The Morgan fingerprint density at radius 3 is 2.73 bits per heavy atom. The molecule has 1 N–H and O–H groups in total. The number of carbonyl (C=O) groups excluding carboxylic acids is 1. The van der Waals surface area contributed by atoms with Gasteiger partial charge in [-0.05, 0) is 43.3 Å². The van der Waals surface area contributed by atoms with Crippen LogP contribution in [-0.2, 0) is 14.8 Å². The molecule has 2 unspecified atom stereocenters. The van der Waals surface area contributed by atoms with E-state index >= 15 is 0 Å². The predicted molar refractivity (Wildman–Crippen MR) is 101 cm³/mol. The van der Waals surface area contributed by atoms with Crippen LogP contribution >= 0.6 is 23.2 Å². The summed E-state index contributed by atoms with van der Waals surface area (Å²) in [6, 6.07) is -0.701. The minimum atomic E-state index is -3.62. The number of alkyl halides is 1. The third-order valence-electron chi connectivity index (χ3n) is 5.67. The van der Waals surface area contributed by atoms with E-state index in [9.17, 15) is 18.4 Å². The summed E-state index contributed by atoms with van der Waals surface area (Å²) in [5, 5.41) is 10.8. The fraction of sp³-hybridized carbons (Fsp3) is 0.706. The van der Waals surface area contributed by atoms with Crippen LogP contribution in [0.1, 0.15) is 38.5 Å². The van der Waals surface area contributed by atoms with Crippen LogP contribution in [0.15, 0.2) is 22.3 Å². The van der Waals surface area contributed by atoms with Gasteiger partial charge in [-0.15, -0.1) is 11.6 Å². The molecule has 6 nitrogen and oxygen atoms in total. The number of nitrogens with zero attached hydrogens (tertiary/aromatic N) is 2. The molecule has 3 rings (SSSR count). The average molecular weight is 423 g/mol. The van der Waals surface area contributed by atoms with Gasteiger partial charge in [-0.25, -0.2) is 13.5 Å². The summed E-state index contributed by atoms with van der Waals surface area (Å²) < 4.78 is 27.4. The highest BCUT2D eigenvalue weighted by Gasteiger charge is 2.37. The van der Waals surface area contributed by atoms with E-state index in [0.717, 1.165) is 36.8 Å². The van der Waals surface area contributed by atoms with Crippen LogP contribution in [0.2, 0.25) is 0 Å². The van der Waals surface area contributed by atoms with Crippen molar-refractivity contribution < 1.29 is 18.4 Å². The Hall–Kier alpha value is -0.600. The van der Waals surface area contributed by atoms with Crippen LogP contribution < -0.4 is 0 Å². The average Bonchev–Trinajstić information content (AvgIpc) is 3.14. The maximum atomic E-state index is 13.0. The van der Waals surface area contributed by atoms with Crippen molar-refractivity contribution in [3.8, 4) is 0 Å². The van der Waals surface area contributed by atoms with Crippen molar-refractivity contribution in [1.82, 2.24) is 9.37 Å². The molecule has 1 amide bonds. The zero-order valence-electron chi connectivity index (χ0n) is 14.5. The first-order valence-corrected chi connectivity index (χ1v) is 11.4. The van der Waals surface area contributed by atoms with Gasteiger partial charge in [-0.2, -0.15) is 4.31 Å². The lowest BCUT2D eigenvalue weighted by Gasteiger charge is -2.34. The third-order valence-corrected chi connectivity index (χ3v) is 8.40. The molecule has 0 aromatic heterocycles. The predicted octanol–water partition coefficient (Wildman–Crippen LogP) is 2.86. The molecule has 0 spiro atoms. The molecular weight excluding hydrogens is 399 g/mol. The standard InChI is InChI=1S/C17H24Cl2N2O4S/c18-15-7-13-5-6-20(9-14(13)8-16(15)19)26(24,25)10-17(21(23)11-22)12-3-1-2-4-12/h8,11-12,15,17,23H,1-7,9-10H2. The summed E-state index contributed by atoms with van der Waals surface area (Å²) in [7, 11) is -3.62. The van der Waals surface area contributed by atoms with Crippen molar-refractivity contribution >= 4 is 39.6 Å². The molecule has 1 fully saturated rings. The molecule has 1 heterocycles. The van der Waals surface area contributed by atoms with E-state index in [1.807, 2.05) is 0 Å². The van der Waals surface area contributed by atoms with Crippen LogP contribution in [0, 0.1) is 5.92 Å². The number of amides is 1. The Balaban J connectivity index is 1.74. The molecule has 1 saturated carbocycles. The van der Waals surface area contributed by atoms with Gasteiger partial charge in [-0.3, -0.25) is 10.0 Å². The number of hydrogen-bond donors (Lipinski definition) is 1. The lowest BCUT2D eigenvalue weighted by atomic mass is 9.92. The van der Waals surface area contributed by atoms with Crippen LogP contribution in [0.25, 0.3) is 0 Å². The van der Waals surface area contributed by atoms with Gasteiger partial charge in [0.1, 0.15) is 0 Å². The highest BCUT2D eigenvalue weighted by Crippen LogP contribution is 2.36. The highest BCUT2D eigenvalue weighted by atomic mass is 35.5. The molecule has 26 heavy (non-hydrogen) atoms. The quantitative estimate of drug-likeness (QED) is 0.309. The number of rotatable bonds is 6. The summed E-state index contributed by atoms with van der Waals surface area (Å²) in [6.07, 6.45) is 7.01. The number of sulfonamides is 1. The summed E-state index contributed by atoms with van der Waals surface area (Å²) >= 11 is 12.3. The summed E-state index contributed by atoms with van der Waals surface area (Å²) in [5.74, 6) is -0.244. The van der Waals surface area contributed by atoms with Gasteiger partial charge in [0, 0.05) is 18.1 Å². The lowest BCUT2D eigenvalue weighted by Crippen LogP contribution is -2.47. The van der Waals surface area contributed by atoms with Gasteiger partial charge in [0.2, 0.25) is 16.4 Å². The largest absolute Gasteiger partial charge is 0.286 e. The number of halogens is 2. The van der Waals surface area contributed by atoms with E-state index in [2.05, 4.69) is 0 Å². The Morgan fingerprint density at radius 2 is 2.08 bits per heavy atom. The van der Waals surface area contributed by atoms with Crippen LogP contribution in [0.3, 0.4) is 0 Å². The van der Waals surface area contributed by atoms with Gasteiger partial charge in [0.05, 0.1) is 17.2 Å². The van der Waals surface area contributed by atoms with Crippen LogP contribution in [0.5, 0.6) is 0 Å². The van der Waals surface area contributed by atoms with Crippen LogP contribution in [-0.4, -0.2) is 59.7 Å². The monoisotopic (exact) mass is 422 g/mol. The smallest absolute Gasteiger partial charge is 0.233 e. The van der Waals surface area contributed by atoms with Crippen molar-refractivity contribution in [3.05, 3.63) is 22.3 Å². The Kier molecular flexibility index (Phi) is 6.34. The van der Waals surface area contributed by atoms with Gasteiger partial charge in [-0.1, -0.05) is 30.0 Å². The van der Waals surface area contributed by atoms with E-state index in [1.165, 1.54) is 4.31 Å². The number of allylic oxidation sites excluding steroid dienone is 1. The first-order chi connectivity index (χ1) is 12.3. The fourth-order valence-electron chi connectivity index (χ4n) is 4.16. The molecule has 0 saturated heterocycles. The maximum absolute atomic E-state index is 13.0. The molecule has 1 aliphatic heterocycles. The zero-order chi connectivity index (χ0) is 18.9. The summed E-state index contributed by atoms with van der Waals surface area (Å²) in [5.41, 5.74) is 2.07. The fourth-order valence-corrected chi connectivity index (χ4v) is 6.39. The van der Waals surface area contributed by atoms with Crippen molar-refractivity contribution in [1.29, 1.82) is 0 Å². The summed E-state index contributed by atoms with van der Waals surface area (Å²) in [6.45, 7) is 0.654. The summed E-state index contributed by atoms with van der Waals surface area (Å²) in [4.78, 5) is 11.0. The van der Waals surface area contributed by atoms with Crippen molar-refractivity contribution in [2.24, 2.45) is 5.92 Å². The van der Waals surface area contributed by atoms with E-state index in [4.69, 9.17) is 23.2 Å². The number of hydroxylamine groups is 2. The highest BCUT2D eigenvalue weighted by molar-refractivity contribution is 7.89. The molecule has 3 aliphatic rings. The van der Waals surface area contributed by atoms with Crippen molar-refractivity contribution in [2.75, 3.05) is 18.8 Å². The molecule has 9 heteroatoms. The normalized spacial score (nSPS) is 26.4. The van der Waals surface area contributed by atoms with Crippen LogP contribution in [0.4, 0.5) is 0 Å². The lowest BCUT2D eigenvalue weighted by molar-refractivity contribution is -0.162. The van der Waals surface area contributed by atoms with Gasteiger partial charge >= 0.3 is 0 Å². The molecule has 2 aliphatic carbocycles. The zero-order valence-corrected chi connectivity index (χ0v) is 16.8. The van der Waals surface area contributed by atoms with E-state index in [0.29, 0.717) is 35.9 Å². The van der Waals surface area contributed by atoms with Gasteiger partial charge < -0.3 is 0 Å². The molecular formula is C17H24Cl2N2O4S. The molecule has 146 valence electrons. The molecule has 2 atom stereocenters. The first kappa shape index (κ1) is 20.1. The minimum absolute atomic E-state index is 0.0144. The SMILES string of the molecule is O=CN(O)C(CS(=O)(=O)N1CCC2=C(C=C(Cl)C(Cl)C2)C1)C1CCCC1. The second-order valence-electron chi connectivity index (χ2n) is 7.29. The van der Waals surface area contributed by atoms with E-state index in [-0.39, 0.29) is 23.6 Å². The van der Waals surface area contributed by atoms with Crippen molar-refractivity contribution in [3.63, 3.8) is 0 Å². The third kappa shape index (κ3) is 4.28. The van der Waals surface area contributed by atoms with E-state index in [1.54, 1.807) is 6.08 Å². The van der Waals surface area contributed by atoms with Gasteiger partial charge in [0.15, 0.2) is 0 Å². The Labute approximate surface area is 164 Å². The first-order valence-electron chi connectivity index (χ1n) is 8.94. The van der Waals surface area contributed by atoms with Crippen molar-refractivity contribution in [2.45, 2.75) is 49.9 Å². The van der Waals surface area contributed by atoms with Gasteiger partial charge in [0.25, 0.3) is 0 Å². The topological polar surface area (TPSA) is 77.9 Å². The molecule has 0 aromatic carbocycles. The number of hydrogen-bond acceptors (Lipinski definition) is 4. The Bertz CT molecular complexity index is 716. The van der Waals surface area contributed by atoms with E-state index < -0.39 is 16.1 Å². The minimum Gasteiger partial charge on any atom is -0.286 e. The maximum Gasteiger partial charge on any atom is 0.233 e. The number of carbonyl (C=O) groups is 1. The second kappa shape index (κ2) is 8.19.